The molecule has 0 bridgehead atoms. The van der Waals surface area contributed by atoms with Crippen molar-refractivity contribution < 1.29 is 0 Å². The molecular formula is C12H18ClN3. The first-order valence-electron chi connectivity index (χ1n) is 5.27. The van der Waals surface area contributed by atoms with Crippen molar-refractivity contribution in [3.05, 3.63) is 28.8 Å². The minimum Gasteiger partial charge on any atom is -0.384 e. The van der Waals surface area contributed by atoms with E-state index in [4.69, 9.17) is 22.7 Å². The van der Waals surface area contributed by atoms with E-state index in [1.54, 1.807) is 6.07 Å². The SMILES string of the molecule is CC(C)CN(C)c1ccc(Cl)cc1C(=N)N. The molecule has 0 aliphatic heterocycles. The minimum atomic E-state index is 0.0492. The second-order valence-corrected chi connectivity index (χ2v) is 4.79. The highest BCUT2D eigenvalue weighted by Crippen LogP contribution is 2.23. The van der Waals surface area contributed by atoms with Crippen LogP contribution in [0.1, 0.15) is 19.4 Å². The molecule has 1 rings (SSSR count). The number of hydrogen-bond acceptors (Lipinski definition) is 2. The first-order chi connectivity index (χ1) is 7.41. The van der Waals surface area contributed by atoms with Gasteiger partial charge in [0.1, 0.15) is 5.84 Å². The summed E-state index contributed by atoms with van der Waals surface area (Å²) >= 11 is 5.90. The van der Waals surface area contributed by atoms with E-state index in [-0.39, 0.29) is 5.84 Å². The van der Waals surface area contributed by atoms with E-state index < -0.39 is 0 Å². The van der Waals surface area contributed by atoms with Crippen LogP contribution in [0.3, 0.4) is 0 Å². The van der Waals surface area contributed by atoms with E-state index in [2.05, 4.69) is 18.7 Å². The lowest BCUT2D eigenvalue weighted by atomic mass is 10.1. The average molecular weight is 240 g/mol. The maximum absolute atomic E-state index is 7.54. The second-order valence-electron chi connectivity index (χ2n) is 4.35. The molecule has 3 N–H and O–H groups in total. The summed E-state index contributed by atoms with van der Waals surface area (Å²) in [5, 5.41) is 8.14. The smallest absolute Gasteiger partial charge is 0.124 e. The van der Waals surface area contributed by atoms with Crippen molar-refractivity contribution in [2.24, 2.45) is 11.7 Å². The van der Waals surface area contributed by atoms with Crippen LogP contribution in [0.4, 0.5) is 5.69 Å². The van der Waals surface area contributed by atoms with Crippen molar-refractivity contribution in [3.63, 3.8) is 0 Å². The Labute approximate surface area is 102 Å². The van der Waals surface area contributed by atoms with E-state index >= 15 is 0 Å². The molecule has 0 atom stereocenters. The summed E-state index contributed by atoms with van der Waals surface area (Å²) in [7, 11) is 2.00. The number of amidine groups is 1. The zero-order valence-corrected chi connectivity index (χ0v) is 10.7. The summed E-state index contributed by atoms with van der Waals surface area (Å²) in [4.78, 5) is 2.09. The van der Waals surface area contributed by atoms with Gasteiger partial charge in [0.25, 0.3) is 0 Å². The van der Waals surface area contributed by atoms with Crippen LogP contribution in [0.5, 0.6) is 0 Å². The zero-order valence-electron chi connectivity index (χ0n) is 9.92. The van der Waals surface area contributed by atoms with Crippen molar-refractivity contribution in [2.45, 2.75) is 13.8 Å². The number of nitrogens with zero attached hydrogens (tertiary/aromatic N) is 1. The number of nitrogens with one attached hydrogen (secondary N) is 1. The van der Waals surface area contributed by atoms with Crippen LogP contribution in [-0.4, -0.2) is 19.4 Å². The number of nitrogens with two attached hydrogens (primary N) is 1. The standard InChI is InChI=1S/C12H18ClN3/c1-8(2)7-16(3)11-5-4-9(13)6-10(11)12(14)15/h4-6,8H,7H2,1-3H3,(H3,14,15). The van der Waals surface area contributed by atoms with Gasteiger partial charge in [0.2, 0.25) is 0 Å². The Balaban J connectivity index is 3.07. The van der Waals surface area contributed by atoms with Gasteiger partial charge in [-0.25, -0.2) is 0 Å². The lowest BCUT2D eigenvalue weighted by Crippen LogP contribution is -2.26. The Morgan fingerprint density at radius 1 is 1.50 bits per heavy atom. The Hall–Kier alpha value is -1.22. The van der Waals surface area contributed by atoms with Crippen molar-refractivity contribution in [2.75, 3.05) is 18.5 Å². The fourth-order valence-corrected chi connectivity index (χ4v) is 1.88. The third-order valence-corrected chi connectivity index (χ3v) is 2.53. The molecule has 0 unspecified atom stereocenters. The van der Waals surface area contributed by atoms with Gasteiger partial charge in [-0.1, -0.05) is 25.4 Å². The third kappa shape index (κ3) is 3.14. The summed E-state index contributed by atoms with van der Waals surface area (Å²) < 4.78 is 0. The highest BCUT2D eigenvalue weighted by Gasteiger charge is 2.11. The van der Waals surface area contributed by atoms with Gasteiger partial charge in [0, 0.05) is 29.9 Å². The van der Waals surface area contributed by atoms with Crippen LogP contribution in [0.15, 0.2) is 18.2 Å². The summed E-state index contributed by atoms with van der Waals surface area (Å²) in [6, 6.07) is 5.46. The molecule has 16 heavy (non-hydrogen) atoms. The zero-order chi connectivity index (χ0) is 12.3. The molecule has 1 aromatic carbocycles. The fraction of sp³-hybridized carbons (Fsp3) is 0.417. The van der Waals surface area contributed by atoms with E-state index in [0.29, 0.717) is 16.5 Å². The Morgan fingerprint density at radius 2 is 2.12 bits per heavy atom. The van der Waals surface area contributed by atoms with Crippen molar-refractivity contribution in [3.8, 4) is 0 Å². The van der Waals surface area contributed by atoms with E-state index in [0.717, 1.165) is 12.2 Å². The second kappa shape index (κ2) is 5.21. The summed E-state index contributed by atoms with van der Waals surface area (Å²) in [6.07, 6.45) is 0. The number of anilines is 1. The molecule has 0 fully saturated rings. The van der Waals surface area contributed by atoms with Crippen LogP contribution in [-0.2, 0) is 0 Å². The molecule has 0 radical (unpaired) electrons. The van der Waals surface area contributed by atoms with Crippen LogP contribution >= 0.6 is 11.6 Å². The number of benzene rings is 1. The topological polar surface area (TPSA) is 53.1 Å². The highest BCUT2D eigenvalue weighted by molar-refractivity contribution is 6.31. The number of halogens is 1. The van der Waals surface area contributed by atoms with E-state index in [9.17, 15) is 0 Å². The molecule has 0 heterocycles. The highest BCUT2D eigenvalue weighted by atomic mass is 35.5. The summed E-state index contributed by atoms with van der Waals surface area (Å²) in [6.45, 7) is 5.22. The first kappa shape index (κ1) is 12.8. The number of nitrogen functional groups attached to an aromatic ring is 1. The Bertz CT molecular complexity index is 388. The molecular weight excluding hydrogens is 222 g/mol. The normalized spacial score (nSPS) is 10.6. The lowest BCUT2D eigenvalue weighted by molar-refractivity contribution is 0.638. The molecule has 0 aliphatic rings. The van der Waals surface area contributed by atoms with E-state index in [1.165, 1.54) is 0 Å². The molecule has 1 aromatic rings. The molecule has 0 aliphatic carbocycles. The molecule has 4 heteroatoms. The van der Waals surface area contributed by atoms with Gasteiger partial charge in [-0.3, -0.25) is 5.41 Å². The van der Waals surface area contributed by atoms with Gasteiger partial charge in [-0.05, 0) is 24.1 Å². The van der Waals surface area contributed by atoms with Gasteiger partial charge in [-0.15, -0.1) is 0 Å². The van der Waals surface area contributed by atoms with Gasteiger partial charge in [0.05, 0.1) is 0 Å². The van der Waals surface area contributed by atoms with Gasteiger partial charge in [-0.2, -0.15) is 0 Å². The molecule has 0 aromatic heterocycles. The Kier molecular flexibility index (Phi) is 4.19. The fourth-order valence-electron chi connectivity index (χ4n) is 1.70. The van der Waals surface area contributed by atoms with Gasteiger partial charge >= 0.3 is 0 Å². The predicted molar refractivity (Wildman–Crippen MR) is 70.6 cm³/mol. The molecule has 88 valence electrons. The summed E-state index contributed by atoms with van der Waals surface area (Å²) in [5.41, 5.74) is 7.19. The summed E-state index contributed by atoms with van der Waals surface area (Å²) in [5.74, 6) is 0.605. The largest absolute Gasteiger partial charge is 0.384 e. The maximum atomic E-state index is 7.54. The molecule has 3 nitrogen and oxygen atoms in total. The van der Waals surface area contributed by atoms with Crippen molar-refractivity contribution in [1.29, 1.82) is 5.41 Å². The number of rotatable bonds is 4. The van der Waals surface area contributed by atoms with Crippen molar-refractivity contribution >= 4 is 23.1 Å². The third-order valence-electron chi connectivity index (χ3n) is 2.30. The predicted octanol–water partition coefficient (Wildman–Crippen LogP) is 2.72. The monoisotopic (exact) mass is 239 g/mol. The van der Waals surface area contributed by atoms with E-state index in [1.807, 2.05) is 19.2 Å². The molecule has 0 saturated heterocycles. The molecule has 0 spiro atoms. The van der Waals surface area contributed by atoms with Gasteiger partial charge in [0.15, 0.2) is 0 Å². The van der Waals surface area contributed by atoms with Crippen LogP contribution < -0.4 is 10.6 Å². The first-order valence-corrected chi connectivity index (χ1v) is 5.64. The minimum absolute atomic E-state index is 0.0492. The van der Waals surface area contributed by atoms with Crippen molar-refractivity contribution in [1.82, 2.24) is 0 Å². The average Bonchev–Trinajstić information content (AvgIpc) is 2.16. The van der Waals surface area contributed by atoms with Crippen LogP contribution in [0.2, 0.25) is 5.02 Å². The van der Waals surface area contributed by atoms with Crippen LogP contribution in [0.25, 0.3) is 0 Å². The van der Waals surface area contributed by atoms with Crippen LogP contribution in [0, 0.1) is 11.3 Å². The number of hydrogen-bond donors (Lipinski definition) is 2. The molecule has 0 amide bonds. The van der Waals surface area contributed by atoms with Gasteiger partial charge < -0.3 is 10.6 Å². The quantitative estimate of drug-likeness (QED) is 0.627. The Morgan fingerprint density at radius 3 is 2.62 bits per heavy atom. The molecule has 0 saturated carbocycles. The lowest BCUT2D eigenvalue weighted by Gasteiger charge is -2.24. The maximum Gasteiger partial charge on any atom is 0.124 e.